The van der Waals surface area contributed by atoms with E-state index in [1.807, 2.05) is 0 Å². The van der Waals surface area contributed by atoms with E-state index in [9.17, 15) is 0 Å². The second-order valence-corrected chi connectivity index (χ2v) is 5.66. The second-order valence-electron chi connectivity index (χ2n) is 5.66. The molecule has 0 aromatic heterocycles. The zero-order chi connectivity index (χ0) is 14.8. The fourth-order valence-corrected chi connectivity index (χ4v) is 3.02. The first-order valence-corrected chi connectivity index (χ1v) is 7.57. The molecule has 0 spiro atoms. The number of hydrogen-bond donors (Lipinski definition) is 0. The van der Waals surface area contributed by atoms with E-state index in [4.69, 9.17) is 0 Å². The summed E-state index contributed by atoms with van der Waals surface area (Å²) in [5.74, 6) is 6.57. The van der Waals surface area contributed by atoms with Crippen LogP contribution in [0.1, 0.15) is 46.7 Å². The summed E-state index contributed by atoms with van der Waals surface area (Å²) >= 11 is 0. The van der Waals surface area contributed by atoms with Crippen molar-refractivity contribution in [2.24, 2.45) is 0 Å². The minimum atomic E-state index is 0.793. The maximum atomic E-state index is 4.16. The number of fused-ring (bicyclic) bond motifs is 1. The highest BCUT2D eigenvalue weighted by Gasteiger charge is 2.15. The van der Waals surface area contributed by atoms with Crippen molar-refractivity contribution in [3.8, 4) is 11.8 Å². The Bertz CT molecular complexity index is 766. The van der Waals surface area contributed by atoms with Crippen LogP contribution in [0.5, 0.6) is 0 Å². The molecule has 0 atom stereocenters. The van der Waals surface area contributed by atoms with Crippen LogP contribution in [0.2, 0.25) is 0 Å². The molecular weight excluding hydrogens is 252 g/mol. The molecule has 2 aromatic carbocycles. The smallest absolute Gasteiger partial charge is 0.0358 e. The van der Waals surface area contributed by atoms with E-state index in [1.165, 1.54) is 33.4 Å². The van der Waals surface area contributed by atoms with Crippen LogP contribution in [0.15, 0.2) is 43.0 Å². The van der Waals surface area contributed by atoms with E-state index in [0.717, 1.165) is 24.8 Å². The molecule has 0 saturated heterocycles. The lowest BCUT2D eigenvalue weighted by Crippen LogP contribution is -2.04. The van der Waals surface area contributed by atoms with Crippen LogP contribution >= 0.6 is 0 Å². The van der Waals surface area contributed by atoms with E-state index in [1.54, 1.807) is 0 Å². The van der Waals surface area contributed by atoms with E-state index >= 15 is 0 Å². The third kappa shape index (κ3) is 2.52. The standard InChI is InChI=1S/C21H20/c1-4-17-9-5-6-10-18(17)14-21-16(3)12-13-19-15(2)8-7-11-20(19)21/h5-6,9-10,12-13H,2,4,8,14H2,1,3H3. The summed E-state index contributed by atoms with van der Waals surface area (Å²) in [6.07, 6.45) is 2.82. The number of rotatable bonds is 3. The maximum absolute atomic E-state index is 4.16. The summed E-state index contributed by atoms with van der Waals surface area (Å²) in [6.45, 7) is 8.56. The number of benzene rings is 2. The van der Waals surface area contributed by atoms with Gasteiger partial charge in [0.25, 0.3) is 0 Å². The van der Waals surface area contributed by atoms with Gasteiger partial charge in [0, 0.05) is 12.0 Å². The molecule has 0 heteroatoms. The largest absolute Gasteiger partial charge is 0.0942 e. The number of allylic oxidation sites excluding steroid dienone is 1. The summed E-state index contributed by atoms with van der Waals surface area (Å²) in [5.41, 5.74) is 9.10. The molecule has 0 saturated carbocycles. The lowest BCUT2D eigenvalue weighted by molar-refractivity contribution is 1.05. The molecule has 0 bridgehead atoms. The third-order valence-corrected chi connectivity index (χ3v) is 4.31. The second kappa shape index (κ2) is 5.62. The molecule has 0 nitrogen and oxygen atoms in total. The monoisotopic (exact) mass is 272 g/mol. The van der Waals surface area contributed by atoms with Crippen molar-refractivity contribution in [3.05, 3.63) is 76.4 Å². The highest BCUT2D eigenvalue weighted by atomic mass is 14.2. The Morgan fingerprint density at radius 2 is 1.86 bits per heavy atom. The average molecular weight is 272 g/mol. The molecule has 1 aliphatic rings. The van der Waals surface area contributed by atoms with Crippen molar-refractivity contribution in [2.45, 2.75) is 33.1 Å². The van der Waals surface area contributed by atoms with Gasteiger partial charge < -0.3 is 0 Å². The van der Waals surface area contributed by atoms with Crippen molar-refractivity contribution in [2.75, 3.05) is 0 Å². The molecule has 21 heavy (non-hydrogen) atoms. The van der Waals surface area contributed by atoms with Gasteiger partial charge in [0.2, 0.25) is 0 Å². The molecule has 2 aromatic rings. The van der Waals surface area contributed by atoms with E-state index < -0.39 is 0 Å². The van der Waals surface area contributed by atoms with E-state index in [0.29, 0.717) is 0 Å². The molecule has 1 aliphatic carbocycles. The van der Waals surface area contributed by atoms with Crippen molar-refractivity contribution in [1.29, 1.82) is 0 Å². The molecule has 0 radical (unpaired) electrons. The van der Waals surface area contributed by atoms with Gasteiger partial charge in [-0.2, -0.15) is 0 Å². The summed E-state index contributed by atoms with van der Waals surface area (Å²) in [4.78, 5) is 0. The van der Waals surface area contributed by atoms with Gasteiger partial charge in [-0.3, -0.25) is 0 Å². The minimum Gasteiger partial charge on any atom is -0.0942 e. The predicted molar refractivity (Wildman–Crippen MR) is 90.3 cm³/mol. The van der Waals surface area contributed by atoms with Crippen LogP contribution in [-0.4, -0.2) is 0 Å². The number of aryl methyl sites for hydroxylation is 2. The summed E-state index contributed by atoms with van der Waals surface area (Å²) < 4.78 is 0. The Labute approximate surface area is 127 Å². The lowest BCUT2D eigenvalue weighted by atomic mass is 9.86. The molecule has 0 heterocycles. The molecule has 3 rings (SSSR count). The molecule has 0 N–H and O–H groups in total. The van der Waals surface area contributed by atoms with Gasteiger partial charge in [0.1, 0.15) is 0 Å². The zero-order valence-electron chi connectivity index (χ0n) is 12.8. The molecule has 104 valence electrons. The summed E-state index contributed by atoms with van der Waals surface area (Å²) in [7, 11) is 0. The Hall–Kier alpha value is -2.26. The average Bonchev–Trinajstić information content (AvgIpc) is 2.51. The third-order valence-electron chi connectivity index (χ3n) is 4.31. The minimum absolute atomic E-state index is 0.793. The van der Waals surface area contributed by atoms with Crippen molar-refractivity contribution >= 4 is 5.57 Å². The Kier molecular flexibility index (Phi) is 3.67. The fraction of sp³-hybridized carbons (Fsp3) is 0.238. The normalized spacial score (nSPS) is 12.6. The van der Waals surface area contributed by atoms with Crippen LogP contribution in [0.25, 0.3) is 5.57 Å². The van der Waals surface area contributed by atoms with Crippen LogP contribution in [0.3, 0.4) is 0 Å². The van der Waals surface area contributed by atoms with Crippen molar-refractivity contribution in [3.63, 3.8) is 0 Å². The van der Waals surface area contributed by atoms with Crippen LogP contribution < -0.4 is 0 Å². The maximum Gasteiger partial charge on any atom is 0.0358 e. The predicted octanol–water partition coefficient (Wildman–Crippen LogP) is 4.92. The van der Waals surface area contributed by atoms with Gasteiger partial charge in [0.15, 0.2) is 0 Å². The topological polar surface area (TPSA) is 0 Å². The van der Waals surface area contributed by atoms with Crippen LogP contribution in [0, 0.1) is 18.8 Å². The zero-order valence-corrected chi connectivity index (χ0v) is 12.8. The first kappa shape index (κ1) is 13.7. The first-order valence-electron chi connectivity index (χ1n) is 7.57. The van der Waals surface area contributed by atoms with Crippen LogP contribution in [0.4, 0.5) is 0 Å². The van der Waals surface area contributed by atoms with Gasteiger partial charge in [-0.05, 0) is 53.2 Å². The van der Waals surface area contributed by atoms with Gasteiger partial charge in [-0.15, -0.1) is 0 Å². The quantitative estimate of drug-likeness (QED) is 0.696. The molecule has 0 aliphatic heterocycles. The van der Waals surface area contributed by atoms with E-state index in [2.05, 4.69) is 68.7 Å². The van der Waals surface area contributed by atoms with Crippen molar-refractivity contribution < 1.29 is 0 Å². The van der Waals surface area contributed by atoms with E-state index in [-0.39, 0.29) is 0 Å². The molecule has 0 unspecified atom stereocenters. The Morgan fingerprint density at radius 3 is 2.62 bits per heavy atom. The van der Waals surface area contributed by atoms with Crippen molar-refractivity contribution in [1.82, 2.24) is 0 Å². The lowest BCUT2D eigenvalue weighted by Gasteiger charge is -2.18. The Morgan fingerprint density at radius 1 is 1.10 bits per heavy atom. The summed E-state index contributed by atoms with van der Waals surface area (Å²) in [5, 5.41) is 0. The fourth-order valence-electron chi connectivity index (χ4n) is 3.02. The molecular formula is C21H20. The van der Waals surface area contributed by atoms with Crippen LogP contribution in [-0.2, 0) is 12.8 Å². The SMILES string of the molecule is C=C1CC#Cc2c1ccc(C)c2Cc1ccccc1CC. The van der Waals surface area contributed by atoms with Gasteiger partial charge >= 0.3 is 0 Å². The van der Waals surface area contributed by atoms with Gasteiger partial charge in [0.05, 0.1) is 0 Å². The molecule has 0 amide bonds. The summed E-state index contributed by atoms with van der Waals surface area (Å²) in [6, 6.07) is 13.1. The van der Waals surface area contributed by atoms with Gasteiger partial charge in [-0.1, -0.05) is 61.7 Å². The van der Waals surface area contributed by atoms with Gasteiger partial charge in [-0.25, -0.2) is 0 Å². The molecule has 0 fully saturated rings. The Balaban J connectivity index is 2.11. The number of hydrogen-bond acceptors (Lipinski definition) is 0. The first-order chi connectivity index (χ1) is 10.2. The highest BCUT2D eigenvalue weighted by molar-refractivity contribution is 5.76. The highest BCUT2D eigenvalue weighted by Crippen LogP contribution is 2.30.